The van der Waals surface area contributed by atoms with E-state index in [4.69, 9.17) is 5.73 Å². The molecule has 0 unspecified atom stereocenters. The minimum atomic E-state index is -0.517. The summed E-state index contributed by atoms with van der Waals surface area (Å²) in [5.41, 5.74) is 12.6. The molecule has 0 radical (unpaired) electrons. The number of carbonyl (C=O) groups is 1. The van der Waals surface area contributed by atoms with Gasteiger partial charge in [0, 0.05) is 42.4 Å². The van der Waals surface area contributed by atoms with Gasteiger partial charge in [0.25, 0.3) is 5.91 Å². The molecule has 2 N–H and O–H groups in total. The van der Waals surface area contributed by atoms with E-state index >= 15 is 0 Å². The molecule has 4 aromatic rings. The molecular weight excluding hydrogens is 398 g/mol. The second kappa shape index (κ2) is 8.13. The summed E-state index contributed by atoms with van der Waals surface area (Å²) >= 11 is 0. The van der Waals surface area contributed by atoms with E-state index in [1.807, 2.05) is 13.0 Å². The van der Waals surface area contributed by atoms with Gasteiger partial charge in [0.1, 0.15) is 0 Å². The number of fused-ring (bicyclic) bond motifs is 1. The van der Waals surface area contributed by atoms with Gasteiger partial charge in [0.15, 0.2) is 5.69 Å². The fourth-order valence-electron chi connectivity index (χ4n) is 4.44. The number of aromatic nitrogens is 3. The van der Waals surface area contributed by atoms with Crippen molar-refractivity contribution in [3.63, 3.8) is 0 Å². The summed E-state index contributed by atoms with van der Waals surface area (Å²) in [5, 5.41) is 5.47. The van der Waals surface area contributed by atoms with Crippen LogP contribution < -0.4 is 5.73 Å². The Hall–Kier alpha value is -3.64. The average Bonchev–Trinajstić information content (AvgIpc) is 3.37. The van der Waals surface area contributed by atoms with Crippen molar-refractivity contribution in [3.05, 3.63) is 89.4 Å². The molecule has 6 nitrogen and oxygen atoms in total. The van der Waals surface area contributed by atoms with Crippen LogP contribution >= 0.6 is 0 Å². The first-order chi connectivity index (χ1) is 15.5. The van der Waals surface area contributed by atoms with Crippen LogP contribution in [0.2, 0.25) is 0 Å². The van der Waals surface area contributed by atoms with Crippen LogP contribution in [-0.2, 0) is 6.54 Å². The summed E-state index contributed by atoms with van der Waals surface area (Å²) < 4.78 is 4.01. The Balaban J connectivity index is 1.38. The van der Waals surface area contributed by atoms with E-state index < -0.39 is 5.91 Å². The minimum Gasteiger partial charge on any atom is -0.364 e. The van der Waals surface area contributed by atoms with Gasteiger partial charge in [-0.05, 0) is 67.4 Å². The SMILES string of the molecule is Cc1cc(C(N)=O)nn1-c1ccc2c(ccn2Cc2ccc(C3=CCCN(C)C3)cc2)c1. The van der Waals surface area contributed by atoms with Crippen molar-refractivity contribution in [2.45, 2.75) is 19.9 Å². The Morgan fingerprint density at radius 2 is 1.91 bits per heavy atom. The Bertz CT molecular complexity index is 1330. The van der Waals surface area contributed by atoms with Crippen LogP contribution in [0.25, 0.3) is 22.2 Å². The van der Waals surface area contributed by atoms with E-state index in [1.54, 1.807) is 10.7 Å². The van der Waals surface area contributed by atoms with Crippen LogP contribution in [0.3, 0.4) is 0 Å². The zero-order chi connectivity index (χ0) is 22.2. The molecule has 0 spiro atoms. The van der Waals surface area contributed by atoms with Crippen molar-refractivity contribution in [1.29, 1.82) is 0 Å². The van der Waals surface area contributed by atoms with E-state index in [9.17, 15) is 4.79 Å². The van der Waals surface area contributed by atoms with Gasteiger partial charge in [-0.1, -0.05) is 30.3 Å². The zero-order valence-electron chi connectivity index (χ0n) is 18.5. The zero-order valence-corrected chi connectivity index (χ0v) is 18.5. The molecule has 6 heteroatoms. The highest BCUT2D eigenvalue weighted by molar-refractivity contribution is 5.91. The molecule has 162 valence electrons. The normalized spacial score (nSPS) is 14.6. The fraction of sp³-hybridized carbons (Fsp3) is 0.231. The van der Waals surface area contributed by atoms with Gasteiger partial charge in [-0.2, -0.15) is 5.10 Å². The summed E-state index contributed by atoms with van der Waals surface area (Å²) in [4.78, 5) is 13.8. The van der Waals surface area contributed by atoms with Gasteiger partial charge < -0.3 is 15.2 Å². The van der Waals surface area contributed by atoms with Crippen molar-refractivity contribution < 1.29 is 4.79 Å². The Labute approximate surface area is 187 Å². The predicted molar refractivity (Wildman–Crippen MR) is 128 cm³/mol. The van der Waals surface area contributed by atoms with Gasteiger partial charge in [-0.25, -0.2) is 4.68 Å². The number of primary amides is 1. The number of benzene rings is 2. The number of carbonyl (C=O) groups excluding carboxylic acids is 1. The number of hydrogen-bond acceptors (Lipinski definition) is 3. The Morgan fingerprint density at radius 1 is 1.09 bits per heavy atom. The molecule has 2 aromatic heterocycles. The van der Waals surface area contributed by atoms with Crippen LogP contribution in [0.15, 0.2) is 66.9 Å². The molecule has 0 saturated heterocycles. The van der Waals surface area contributed by atoms with Crippen LogP contribution in [0, 0.1) is 6.92 Å². The summed E-state index contributed by atoms with van der Waals surface area (Å²) in [7, 11) is 2.17. The highest BCUT2D eigenvalue weighted by Gasteiger charge is 2.12. The van der Waals surface area contributed by atoms with Gasteiger partial charge in [-0.15, -0.1) is 0 Å². The molecule has 0 atom stereocenters. The maximum atomic E-state index is 11.5. The Kier molecular flexibility index (Phi) is 5.15. The first-order valence-electron chi connectivity index (χ1n) is 10.9. The van der Waals surface area contributed by atoms with Crippen molar-refractivity contribution in [2.24, 2.45) is 5.73 Å². The summed E-state index contributed by atoms with van der Waals surface area (Å²) in [6, 6.07) is 19.0. The monoisotopic (exact) mass is 425 g/mol. The average molecular weight is 426 g/mol. The first kappa shape index (κ1) is 20.3. The number of aryl methyl sites for hydroxylation is 1. The molecular formula is C26H27N5O. The third kappa shape index (κ3) is 3.85. The lowest BCUT2D eigenvalue weighted by atomic mass is 10.0. The highest BCUT2D eigenvalue weighted by Crippen LogP contribution is 2.24. The number of rotatable bonds is 5. The van der Waals surface area contributed by atoms with Crippen molar-refractivity contribution >= 4 is 22.4 Å². The second-order valence-corrected chi connectivity index (χ2v) is 8.59. The maximum Gasteiger partial charge on any atom is 0.269 e. The quantitative estimate of drug-likeness (QED) is 0.525. The van der Waals surface area contributed by atoms with Crippen molar-refractivity contribution in [3.8, 4) is 5.69 Å². The van der Waals surface area contributed by atoms with E-state index in [0.717, 1.165) is 48.3 Å². The fourth-order valence-corrected chi connectivity index (χ4v) is 4.44. The number of nitrogens with two attached hydrogens (primary N) is 1. The second-order valence-electron chi connectivity index (χ2n) is 8.59. The highest BCUT2D eigenvalue weighted by atomic mass is 16.1. The van der Waals surface area contributed by atoms with Gasteiger partial charge >= 0.3 is 0 Å². The van der Waals surface area contributed by atoms with Crippen molar-refractivity contribution in [2.75, 3.05) is 20.1 Å². The molecule has 1 aliphatic rings. The smallest absolute Gasteiger partial charge is 0.269 e. The lowest BCUT2D eigenvalue weighted by Gasteiger charge is -2.23. The van der Waals surface area contributed by atoms with Gasteiger partial charge in [0.2, 0.25) is 0 Å². The standard InChI is InChI=1S/C26H27N5O/c1-18-14-24(26(27)32)28-31(18)23-9-10-25-21(15-23)11-13-30(25)16-19-5-7-20(8-6-19)22-4-3-12-29(2)17-22/h4-11,13-15H,3,12,16-17H2,1-2H3,(H2,27,32). The van der Waals surface area contributed by atoms with Crippen molar-refractivity contribution in [1.82, 2.24) is 19.2 Å². The largest absolute Gasteiger partial charge is 0.364 e. The number of nitrogens with zero attached hydrogens (tertiary/aromatic N) is 4. The van der Waals surface area contributed by atoms with Gasteiger partial charge in [-0.3, -0.25) is 4.79 Å². The third-order valence-electron chi connectivity index (χ3n) is 6.16. The molecule has 0 aliphatic carbocycles. The van der Waals surface area contributed by atoms with E-state index in [0.29, 0.717) is 0 Å². The lowest BCUT2D eigenvalue weighted by molar-refractivity contribution is 0.0995. The molecule has 1 amide bonds. The van der Waals surface area contributed by atoms with E-state index in [-0.39, 0.29) is 5.69 Å². The number of likely N-dealkylation sites (N-methyl/N-ethyl adjacent to an activating group) is 1. The molecule has 0 fully saturated rings. The van der Waals surface area contributed by atoms with E-state index in [2.05, 4.69) is 76.4 Å². The molecule has 0 bridgehead atoms. The first-order valence-corrected chi connectivity index (χ1v) is 10.9. The third-order valence-corrected chi connectivity index (χ3v) is 6.16. The maximum absolute atomic E-state index is 11.5. The van der Waals surface area contributed by atoms with E-state index in [1.165, 1.54) is 16.7 Å². The van der Waals surface area contributed by atoms with Crippen LogP contribution in [0.4, 0.5) is 0 Å². The molecule has 5 rings (SSSR count). The number of hydrogen-bond donors (Lipinski definition) is 1. The minimum absolute atomic E-state index is 0.277. The molecule has 3 heterocycles. The van der Waals surface area contributed by atoms with Crippen LogP contribution in [-0.4, -0.2) is 45.3 Å². The van der Waals surface area contributed by atoms with Crippen LogP contribution in [0.1, 0.15) is 33.7 Å². The molecule has 32 heavy (non-hydrogen) atoms. The van der Waals surface area contributed by atoms with Gasteiger partial charge in [0.05, 0.1) is 5.69 Å². The molecule has 0 saturated carbocycles. The Morgan fingerprint density at radius 3 is 2.62 bits per heavy atom. The lowest BCUT2D eigenvalue weighted by Crippen LogP contribution is -2.24. The molecule has 2 aromatic carbocycles. The summed E-state index contributed by atoms with van der Waals surface area (Å²) in [5.74, 6) is -0.517. The summed E-state index contributed by atoms with van der Waals surface area (Å²) in [6.45, 7) is 4.88. The topological polar surface area (TPSA) is 69.1 Å². The predicted octanol–water partition coefficient (Wildman–Crippen LogP) is 4.00. The number of amides is 1. The summed E-state index contributed by atoms with van der Waals surface area (Å²) in [6.07, 6.45) is 5.60. The molecule has 1 aliphatic heterocycles. The van der Waals surface area contributed by atoms with Crippen LogP contribution in [0.5, 0.6) is 0 Å².